The molecule has 4 atom stereocenters. The molecule has 1 saturated heterocycles. The maximum Gasteiger partial charge on any atom is 0.305 e. The summed E-state index contributed by atoms with van der Waals surface area (Å²) in [6.45, 7) is 3.53. The highest BCUT2D eigenvalue weighted by atomic mass is 16.6. The molecule has 4 amide bonds. The van der Waals surface area contributed by atoms with Crippen molar-refractivity contribution in [3.05, 3.63) is 35.0 Å². The second kappa shape index (κ2) is 12.3. The van der Waals surface area contributed by atoms with E-state index in [0.717, 1.165) is 5.01 Å². The van der Waals surface area contributed by atoms with Gasteiger partial charge in [-0.15, -0.1) is 0 Å². The predicted molar refractivity (Wildman–Crippen MR) is 139 cm³/mol. The number of benzene rings is 1. The van der Waals surface area contributed by atoms with Gasteiger partial charge in [-0.3, -0.25) is 34.2 Å². The molecule has 1 aromatic rings. The molecule has 13 heteroatoms. The Hall–Kier alpha value is -3.84. The van der Waals surface area contributed by atoms with Crippen LogP contribution in [-0.2, 0) is 24.0 Å². The fraction of sp³-hybridized carbons (Fsp3) is 0.538. The summed E-state index contributed by atoms with van der Waals surface area (Å²) in [6, 6.07) is 3.99. The van der Waals surface area contributed by atoms with Crippen LogP contribution in [0.5, 0.6) is 0 Å². The van der Waals surface area contributed by atoms with E-state index in [1.54, 1.807) is 31.3 Å². The van der Waals surface area contributed by atoms with Gasteiger partial charge in [0.2, 0.25) is 17.7 Å². The van der Waals surface area contributed by atoms with Crippen molar-refractivity contribution in [3.63, 3.8) is 0 Å². The smallest absolute Gasteiger partial charge is 0.305 e. The van der Waals surface area contributed by atoms with Gasteiger partial charge >= 0.3 is 5.97 Å². The van der Waals surface area contributed by atoms with Gasteiger partial charge in [0, 0.05) is 44.2 Å². The topological polar surface area (TPSA) is 179 Å². The number of amides is 4. The number of aliphatic carboxylic acids is 1. The Balaban J connectivity index is 1.50. The number of anilines is 1. The van der Waals surface area contributed by atoms with Crippen LogP contribution in [-0.4, -0.2) is 82.9 Å². The van der Waals surface area contributed by atoms with Crippen LogP contribution in [0, 0.1) is 10.6 Å². The predicted octanol–water partition coefficient (Wildman–Crippen LogP) is 0.822. The fourth-order valence-electron chi connectivity index (χ4n) is 4.57. The minimum Gasteiger partial charge on any atom is -0.767 e. The van der Waals surface area contributed by atoms with E-state index in [1.165, 1.54) is 11.8 Å². The lowest BCUT2D eigenvalue weighted by atomic mass is 10.0. The van der Waals surface area contributed by atoms with Crippen molar-refractivity contribution in [1.82, 2.24) is 20.8 Å². The summed E-state index contributed by atoms with van der Waals surface area (Å²) in [7, 11) is 1.64. The number of nitrogens with zero attached hydrogens (tertiary/aromatic N) is 3. The van der Waals surface area contributed by atoms with Crippen molar-refractivity contribution in [2.24, 2.45) is 5.41 Å². The second-order valence-electron chi connectivity index (χ2n) is 10.3. The zero-order valence-electron chi connectivity index (χ0n) is 22.2. The average Bonchev–Trinajstić information content (AvgIpc) is 3.54. The highest BCUT2D eigenvalue weighted by Gasteiger charge is 2.50. The van der Waals surface area contributed by atoms with Crippen molar-refractivity contribution in [1.29, 1.82) is 0 Å². The summed E-state index contributed by atoms with van der Waals surface area (Å²) in [5.74, 6) is -2.92. The first-order valence-corrected chi connectivity index (χ1v) is 12.8. The minimum atomic E-state index is -1.27. The maximum atomic E-state index is 12.9. The number of hydrogen-bond acceptors (Lipinski definition) is 8. The second-order valence-corrected chi connectivity index (χ2v) is 10.3. The minimum absolute atomic E-state index is 0.0397. The molecule has 212 valence electrons. The van der Waals surface area contributed by atoms with E-state index in [9.17, 15) is 34.0 Å². The van der Waals surface area contributed by atoms with E-state index in [-0.39, 0.29) is 42.7 Å². The molecule has 0 aromatic heterocycles. The molecule has 1 aromatic carbocycles. The number of carboxylic acid groups (broad SMARTS) is 1. The Labute approximate surface area is 226 Å². The van der Waals surface area contributed by atoms with Gasteiger partial charge < -0.3 is 30.6 Å². The van der Waals surface area contributed by atoms with Crippen molar-refractivity contribution >= 4 is 41.6 Å². The van der Waals surface area contributed by atoms with E-state index in [2.05, 4.69) is 10.6 Å². The first-order valence-electron chi connectivity index (χ1n) is 12.8. The van der Waals surface area contributed by atoms with Crippen LogP contribution in [0.2, 0.25) is 0 Å². The maximum absolute atomic E-state index is 12.9. The molecule has 1 heterocycles. The van der Waals surface area contributed by atoms with E-state index < -0.39 is 36.3 Å². The highest BCUT2D eigenvalue weighted by Crippen LogP contribution is 2.49. The quantitative estimate of drug-likeness (QED) is 0.340. The normalized spacial score (nSPS) is 23.3. The molecule has 1 aliphatic heterocycles. The van der Waals surface area contributed by atoms with Crippen molar-refractivity contribution < 1.29 is 33.9 Å². The molecule has 2 aliphatic rings. The van der Waals surface area contributed by atoms with E-state index in [4.69, 9.17) is 5.11 Å². The van der Waals surface area contributed by atoms with Crippen LogP contribution in [0.25, 0.3) is 0 Å². The molecular formula is C26H34N5O8-. The van der Waals surface area contributed by atoms with Crippen LogP contribution in [0.3, 0.4) is 0 Å². The number of carbonyl (C=O) groups excluding carboxylic acids is 5. The molecule has 39 heavy (non-hydrogen) atoms. The SMILES string of the molecule is CC(=O)N(C)c1ccc(C(=O)N[C@H]2CC2(C)CCC(=O)N2CCC[C@@H](C(=O)N[C@H](C=O)CC(=O)O)N2[O-])cc1. The third-order valence-electron chi connectivity index (χ3n) is 7.39. The largest absolute Gasteiger partial charge is 0.767 e. The number of carbonyl (C=O) groups is 6. The molecule has 1 aliphatic carbocycles. The number of hydroxylamine groups is 1. The standard InChI is InChI=1S/C26H34N5O8/c1-16(33)29(3)19-8-6-17(7-9-19)24(37)28-21-14-26(21,2)11-10-22(34)30-12-4-5-20(31(30)39)25(38)27-18(15-32)13-23(35)36/h6-9,15,18,20-21H,4-5,10-14H2,1-3H3,(H,27,38)(H,28,37)(H,35,36)/q-1/t18-,20-,21-,26?/m0/s1. The van der Waals surface area contributed by atoms with Gasteiger partial charge in [-0.25, -0.2) is 0 Å². The van der Waals surface area contributed by atoms with Crippen molar-refractivity contribution in [2.45, 2.75) is 70.5 Å². The van der Waals surface area contributed by atoms with Gasteiger partial charge in [0.25, 0.3) is 5.91 Å². The number of hydrazine groups is 1. The van der Waals surface area contributed by atoms with Gasteiger partial charge in [0.15, 0.2) is 0 Å². The molecule has 0 bridgehead atoms. The molecule has 3 rings (SSSR count). The summed E-state index contributed by atoms with van der Waals surface area (Å²) in [5.41, 5.74) is 0.789. The molecule has 0 radical (unpaired) electrons. The van der Waals surface area contributed by atoms with Gasteiger partial charge in [0.1, 0.15) is 6.29 Å². The Bertz CT molecular complexity index is 1130. The van der Waals surface area contributed by atoms with Crippen LogP contribution in [0.15, 0.2) is 24.3 Å². The van der Waals surface area contributed by atoms with Crippen LogP contribution in [0.4, 0.5) is 5.69 Å². The third-order valence-corrected chi connectivity index (χ3v) is 7.39. The molecule has 2 fully saturated rings. The van der Waals surface area contributed by atoms with Crippen molar-refractivity contribution in [2.75, 3.05) is 18.5 Å². The average molecular weight is 545 g/mol. The summed E-state index contributed by atoms with van der Waals surface area (Å²) in [6.07, 6.45) is 1.37. The van der Waals surface area contributed by atoms with E-state index >= 15 is 0 Å². The van der Waals surface area contributed by atoms with E-state index in [0.29, 0.717) is 42.0 Å². The molecule has 1 saturated carbocycles. The first kappa shape index (κ1) is 29.7. The molecule has 1 unspecified atom stereocenters. The zero-order valence-corrected chi connectivity index (χ0v) is 22.2. The molecule has 0 spiro atoms. The Kier molecular flexibility index (Phi) is 9.41. The number of rotatable bonds is 11. The summed E-state index contributed by atoms with van der Waals surface area (Å²) in [5, 5.41) is 28.1. The number of nitrogens with one attached hydrogen (secondary N) is 2. The third kappa shape index (κ3) is 7.39. The molecule has 3 N–H and O–H groups in total. The summed E-state index contributed by atoms with van der Waals surface area (Å²) >= 11 is 0. The van der Waals surface area contributed by atoms with Crippen LogP contribution < -0.4 is 15.5 Å². The fourth-order valence-corrected chi connectivity index (χ4v) is 4.57. The Morgan fingerprint density at radius 3 is 2.49 bits per heavy atom. The molecule has 13 nitrogen and oxygen atoms in total. The summed E-state index contributed by atoms with van der Waals surface area (Å²) < 4.78 is 0. The Morgan fingerprint density at radius 1 is 1.23 bits per heavy atom. The van der Waals surface area contributed by atoms with Crippen LogP contribution >= 0.6 is 0 Å². The lowest BCUT2D eigenvalue weighted by molar-refractivity contribution is -0.157. The highest BCUT2D eigenvalue weighted by molar-refractivity contribution is 5.96. The van der Waals surface area contributed by atoms with Gasteiger partial charge in [-0.2, -0.15) is 0 Å². The zero-order chi connectivity index (χ0) is 28.9. The molecular weight excluding hydrogens is 510 g/mol. The number of aldehydes is 1. The van der Waals surface area contributed by atoms with Gasteiger partial charge in [-0.05, 0) is 55.4 Å². The first-order chi connectivity index (χ1) is 18.4. The number of carboxylic acids is 1. The van der Waals surface area contributed by atoms with Gasteiger partial charge in [-0.1, -0.05) is 6.92 Å². The number of hydrogen-bond donors (Lipinski definition) is 3. The summed E-state index contributed by atoms with van der Waals surface area (Å²) in [4.78, 5) is 72.9. The van der Waals surface area contributed by atoms with E-state index in [1.807, 2.05) is 6.92 Å². The lowest BCUT2D eigenvalue weighted by Crippen LogP contribution is -2.58. The monoisotopic (exact) mass is 544 g/mol. The van der Waals surface area contributed by atoms with Gasteiger partial charge in [0.05, 0.1) is 18.5 Å². The van der Waals surface area contributed by atoms with Crippen LogP contribution in [0.1, 0.15) is 62.7 Å². The van der Waals surface area contributed by atoms with Crippen molar-refractivity contribution in [3.8, 4) is 0 Å². The Morgan fingerprint density at radius 2 is 1.90 bits per heavy atom. The lowest BCUT2D eigenvalue weighted by Gasteiger charge is -2.48.